The molecule has 0 radical (unpaired) electrons. The van der Waals surface area contributed by atoms with Crippen molar-refractivity contribution in [3.8, 4) is 0 Å². The van der Waals surface area contributed by atoms with Crippen LogP contribution in [0.2, 0.25) is 0 Å². The molecule has 2 aromatic rings. The van der Waals surface area contributed by atoms with Gasteiger partial charge >= 0.3 is 0 Å². The average Bonchev–Trinajstić information content (AvgIpc) is 2.38. The van der Waals surface area contributed by atoms with Crippen LogP contribution in [0.15, 0.2) is 30.3 Å². The molecule has 3 heteroatoms. The molecule has 2 N–H and O–H groups in total. The minimum absolute atomic E-state index is 0.619. The minimum Gasteiger partial charge on any atom is -0.332 e. The molecule has 0 aliphatic carbocycles. The third kappa shape index (κ3) is 3.82. The summed E-state index contributed by atoms with van der Waals surface area (Å²) in [6.45, 7) is 10.5. The maximum Gasteiger partial charge on any atom is 0.175 e. The van der Waals surface area contributed by atoms with E-state index in [1.807, 2.05) is 6.07 Å². The van der Waals surface area contributed by atoms with Crippen molar-refractivity contribution >= 4 is 28.7 Å². The number of rotatable bonds is 2. The molecule has 0 bridgehead atoms. The molecule has 0 spiro atoms. The van der Waals surface area contributed by atoms with Crippen LogP contribution in [-0.4, -0.2) is 5.11 Å². The number of anilines is 2. The standard InChI is InChI=1S/C18H22N2S/c1-11-8-14(4)17(15(5)9-11)20-18(21)19-16-7-6-12(2)13(3)10-16/h6-10H,1-5H3,(H2,19,20,21). The van der Waals surface area contributed by atoms with E-state index in [4.69, 9.17) is 12.2 Å². The highest BCUT2D eigenvalue weighted by molar-refractivity contribution is 7.80. The summed E-state index contributed by atoms with van der Waals surface area (Å²) < 4.78 is 0. The summed E-state index contributed by atoms with van der Waals surface area (Å²) in [4.78, 5) is 0. The Kier molecular flexibility index (Phi) is 4.63. The number of hydrogen-bond donors (Lipinski definition) is 2. The fourth-order valence-corrected chi connectivity index (χ4v) is 2.69. The highest BCUT2D eigenvalue weighted by atomic mass is 32.1. The Morgan fingerprint density at radius 2 is 1.38 bits per heavy atom. The molecule has 0 unspecified atom stereocenters. The zero-order chi connectivity index (χ0) is 15.6. The Bertz CT molecular complexity index is 667. The van der Waals surface area contributed by atoms with Gasteiger partial charge in [0.2, 0.25) is 0 Å². The van der Waals surface area contributed by atoms with Gasteiger partial charge in [0.1, 0.15) is 0 Å². The fraction of sp³-hybridized carbons (Fsp3) is 0.278. The Labute approximate surface area is 132 Å². The summed E-state index contributed by atoms with van der Waals surface area (Å²) >= 11 is 5.42. The van der Waals surface area contributed by atoms with E-state index in [2.05, 4.69) is 69.5 Å². The number of thiocarbonyl (C=S) groups is 1. The van der Waals surface area contributed by atoms with Crippen molar-refractivity contribution in [2.24, 2.45) is 0 Å². The van der Waals surface area contributed by atoms with Crippen LogP contribution in [0.5, 0.6) is 0 Å². The van der Waals surface area contributed by atoms with Crippen molar-refractivity contribution in [1.29, 1.82) is 0 Å². The van der Waals surface area contributed by atoms with Gasteiger partial charge in [-0.25, -0.2) is 0 Å². The lowest BCUT2D eigenvalue weighted by molar-refractivity contribution is 1.32. The van der Waals surface area contributed by atoms with Crippen LogP contribution in [-0.2, 0) is 0 Å². The Morgan fingerprint density at radius 1 is 0.762 bits per heavy atom. The monoisotopic (exact) mass is 298 g/mol. The van der Waals surface area contributed by atoms with Crippen molar-refractivity contribution in [2.75, 3.05) is 10.6 Å². The molecule has 0 amide bonds. The number of nitrogens with one attached hydrogen (secondary N) is 2. The third-order valence-corrected chi connectivity index (χ3v) is 3.88. The predicted molar refractivity (Wildman–Crippen MR) is 96.4 cm³/mol. The summed E-state index contributed by atoms with van der Waals surface area (Å²) in [5.41, 5.74) is 8.31. The first-order chi connectivity index (χ1) is 9.86. The highest BCUT2D eigenvalue weighted by Gasteiger charge is 2.06. The van der Waals surface area contributed by atoms with E-state index in [-0.39, 0.29) is 0 Å². The van der Waals surface area contributed by atoms with Crippen LogP contribution < -0.4 is 10.6 Å². The Morgan fingerprint density at radius 3 is 1.95 bits per heavy atom. The molecule has 2 aromatic carbocycles. The van der Waals surface area contributed by atoms with Crippen LogP contribution in [0, 0.1) is 34.6 Å². The molecule has 0 aromatic heterocycles. The second-order valence-corrected chi connectivity index (χ2v) is 6.06. The topological polar surface area (TPSA) is 24.1 Å². The molecule has 0 saturated carbocycles. The lowest BCUT2D eigenvalue weighted by Crippen LogP contribution is -2.20. The van der Waals surface area contributed by atoms with E-state index >= 15 is 0 Å². The largest absolute Gasteiger partial charge is 0.332 e. The van der Waals surface area contributed by atoms with Gasteiger partial charge in [-0.1, -0.05) is 23.8 Å². The van der Waals surface area contributed by atoms with Crippen molar-refractivity contribution in [3.05, 3.63) is 58.1 Å². The maximum atomic E-state index is 5.42. The van der Waals surface area contributed by atoms with E-state index < -0.39 is 0 Å². The van der Waals surface area contributed by atoms with Gasteiger partial charge in [0.05, 0.1) is 0 Å². The lowest BCUT2D eigenvalue weighted by atomic mass is 10.1. The van der Waals surface area contributed by atoms with Gasteiger partial charge < -0.3 is 10.6 Å². The SMILES string of the molecule is Cc1cc(C)c(NC(=S)Nc2ccc(C)c(C)c2)c(C)c1. The quantitative estimate of drug-likeness (QED) is 0.760. The van der Waals surface area contributed by atoms with Gasteiger partial charge in [0.15, 0.2) is 5.11 Å². The van der Waals surface area contributed by atoms with Gasteiger partial charge in [-0.2, -0.15) is 0 Å². The van der Waals surface area contributed by atoms with E-state index in [0.717, 1.165) is 11.4 Å². The second kappa shape index (κ2) is 6.27. The van der Waals surface area contributed by atoms with E-state index in [1.165, 1.54) is 27.8 Å². The molecular weight excluding hydrogens is 276 g/mol. The summed E-state index contributed by atoms with van der Waals surface area (Å²) in [5, 5.41) is 7.18. The van der Waals surface area contributed by atoms with Crippen LogP contribution >= 0.6 is 12.2 Å². The van der Waals surface area contributed by atoms with Crippen LogP contribution in [0.3, 0.4) is 0 Å². The number of benzene rings is 2. The molecule has 21 heavy (non-hydrogen) atoms. The second-order valence-electron chi connectivity index (χ2n) is 5.65. The smallest absolute Gasteiger partial charge is 0.175 e. The molecule has 0 atom stereocenters. The summed E-state index contributed by atoms with van der Waals surface area (Å²) in [5.74, 6) is 0. The zero-order valence-electron chi connectivity index (χ0n) is 13.3. The third-order valence-electron chi connectivity index (χ3n) is 3.68. The van der Waals surface area contributed by atoms with Crippen LogP contribution in [0.4, 0.5) is 11.4 Å². The molecule has 0 aliphatic heterocycles. The Hall–Kier alpha value is -1.87. The molecule has 2 rings (SSSR count). The first-order valence-electron chi connectivity index (χ1n) is 7.10. The molecule has 110 valence electrons. The van der Waals surface area contributed by atoms with E-state index in [9.17, 15) is 0 Å². The minimum atomic E-state index is 0.619. The molecule has 2 nitrogen and oxygen atoms in total. The van der Waals surface area contributed by atoms with E-state index in [1.54, 1.807) is 0 Å². The average molecular weight is 298 g/mol. The summed E-state index contributed by atoms with van der Waals surface area (Å²) in [6, 6.07) is 10.6. The van der Waals surface area contributed by atoms with Gasteiger partial charge in [0, 0.05) is 11.4 Å². The lowest BCUT2D eigenvalue weighted by Gasteiger charge is -2.16. The van der Waals surface area contributed by atoms with Crippen molar-refractivity contribution in [1.82, 2.24) is 0 Å². The predicted octanol–water partition coefficient (Wildman–Crippen LogP) is 5.04. The molecule has 0 fully saturated rings. The van der Waals surface area contributed by atoms with Gasteiger partial charge in [-0.3, -0.25) is 0 Å². The van der Waals surface area contributed by atoms with Gasteiger partial charge in [0.25, 0.3) is 0 Å². The summed E-state index contributed by atoms with van der Waals surface area (Å²) in [6.07, 6.45) is 0. The first kappa shape index (κ1) is 15.5. The number of hydrogen-bond acceptors (Lipinski definition) is 1. The van der Waals surface area contributed by atoms with Crippen LogP contribution in [0.25, 0.3) is 0 Å². The Balaban J connectivity index is 2.13. The van der Waals surface area contributed by atoms with Gasteiger partial charge in [-0.05, 0) is 81.2 Å². The molecule has 0 aliphatic rings. The van der Waals surface area contributed by atoms with Crippen molar-refractivity contribution < 1.29 is 0 Å². The van der Waals surface area contributed by atoms with E-state index in [0.29, 0.717) is 5.11 Å². The van der Waals surface area contributed by atoms with Gasteiger partial charge in [-0.15, -0.1) is 0 Å². The molecular formula is C18H22N2S. The van der Waals surface area contributed by atoms with Crippen LogP contribution in [0.1, 0.15) is 27.8 Å². The molecule has 0 heterocycles. The highest BCUT2D eigenvalue weighted by Crippen LogP contribution is 2.22. The maximum absolute atomic E-state index is 5.42. The van der Waals surface area contributed by atoms with Crippen molar-refractivity contribution in [3.63, 3.8) is 0 Å². The first-order valence-corrected chi connectivity index (χ1v) is 7.51. The summed E-state index contributed by atoms with van der Waals surface area (Å²) in [7, 11) is 0. The fourth-order valence-electron chi connectivity index (χ4n) is 2.47. The number of aryl methyl sites for hydroxylation is 5. The zero-order valence-corrected chi connectivity index (χ0v) is 14.1. The molecule has 0 saturated heterocycles. The van der Waals surface area contributed by atoms with Crippen molar-refractivity contribution in [2.45, 2.75) is 34.6 Å². The normalized spacial score (nSPS) is 10.3.